The molecule has 0 aliphatic carbocycles. The van der Waals surface area contributed by atoms with Crippen LogP contribution in [0.25, 0.3) is 0 Å². The summed E-state index contributed by atoms with van der Waals surface area (Å²) in [7, 11) is 0. The monoisotopic (exact) mass is 278 g/mol. The van der Waals surface area contributed by atoms with E-state index in [4.69, 9.17) is 10.5 Å². The van der Waals surface area contributed by atoms with Gasteiger partial charge in [-0.05, 0) is 30.0 Å². The van der Waals surface area contributed by atoms with Gasteiger partial charge in [0.15, 0.2) is 6.61 Å². The van der Waals surface area contributed by atoms with Crippen LogP contribution in [-0.2, 0) is 16.0 Å². The molecule has 3 N–H and O–H groups in total. The van der Waals surface area contributed by atoms with Crippen LogP contribution in [-0.4, -0.2) is 24.5 Å². The predicted molar refractivity (Wildman–Crippen MR) is 73.0 cm³/mol. The number of imide groups is 1. The summed E-state index contributed by atoms with van der Waals surface area (Å²) in [4.78, 5) is 33.1. The zero-order valence-electron chi connectivity index (χ0n) is 11.5. The molecule has 0 aromatic heterocycles. The predicted octanol–water partition coefficient (Wildman–Crippen LogP) is 1.24. The van der Waals surface area contributed by atoms with Crippen LogP contribution in [0.3, 0.4) is 0 Å². The van der Waals surface area contributed by atoms with E-state index in [-0.39, 0.29) is 0 Å². The highest BCUT2D eigenvalue weighted by atomic mass is 16.5. The van der Waals surface area contributed by atoms with Crippen LogP contribution in [0.4, 0.5) is 4.79 Å². The van der Waals surface area contributed by atoms with Gasteiger partial charge in [0.05, 0.1) is 5.56 Å². The molecule has 0 aliphatic rings. The zero-order valence-corrected chi connectivity index (χ0v) is 11.5. The molecule has 0 fully saturated rings. The number of nitrogens with one attached hydrogen (secondary N) is 1. The van der Waals surface area contributed by atoms with E-state index in [9.17, 15) is 14.4 Å². The number of hydrogen-bond donors (Lipinski definition) is 2. The first kappa shape index (κ1) is 15.7. The highest BCUT2D eigenvalue weighted by molar-refractivity contribution is 5.96. The van der Waals surface area contributed by atoms with Gasteiger partial charge in [-0.1, -0.05) is 26.0 Å². The third-order valence-electron chi connectivity index (χ3n) is 2.43. The Labute approximate surface area is 117 Å². The second-order valence-electron chi connectivity index (χ2n) is 4.78. The molecule has 1 aromatic rings. The Bertz CT molecular complexity index is 494. The summed E-state index contributed by atoms with van der Waals surface area (Å²) in [5.41, 5.74) is 6.23. The average molecular weight is 278 g/mol. The van der Waals surface area contributed by atoms with E-state index in [1.54, 1.807) is 17.4 Å². The Kier molecular flexibility index (Phi) is 5.71. The molecular weight excluding hydrogens is 260 g/mol. The first-order valence-electron chi connectivity index (χ1n) is 6.24. The Morgan fingerprint density at radius 3 is 2.30 bits per heavy atom. The third kappa shape index (κ3) is 5.51. The van der Waals surface area contributed by atoms with E-state index < -0.39 is 24.5 Å². The number of ether oxygens (including phenoxy) is 1. The van der Waals surface area contributed by atoms with Gasteiger partial charge in [-0.3, -0.25) is 10.1 Å². The number of benzene rings is 1. The summed E-state index contributed by atoms with van der Waals surface area (Å²) >= 11 is 0. The molecule has 0 spiro atoms. The number of amides is 3. The molecule has 6 nitrogen and oxygen atoms in total. The first-order chi connectivity index (χ1) is 9.38. The number of carbonyl (C=O) groups is 3. The van der Waals surface area contributed by atoms with Crippen molar-refractivity contribution < 1.29 is 19.1 Å². The minimum absolute atomic E-state index is 0.351. The van der Waals surface area contributed by atoms with E-state index in [0.29, 0.717) is 11.5 Å². The van der Waals surface area contributed by atoms with Crippen molar-refractivity contribution in [3.8, 4) is 0 Å². The standard InChI is InChI=1S/C14H18N2O4/c1-9(2)7-10-3-5-11(6-4-10)13(18)20-8-12(17)16-14(15)19/h3-6,9H,7-8H2,1-2H3,(H3,15,16,17,19). The van der Waals surface area contributed by atoms with Gasteiger partial charge in [-0.15, -0.1) is 0 Å². The average Bonchev–Trinajstić information content (AvgIpc) is 2.35. The van der Waals surface area contributed by atoms with Crippen molar-refractivity contribution in [2.24, 2.45) is 11.7 Å². The van der Waals surface area contributed by atoms with E-state index in [1.807, 2.05) is 12.1 Å². The molecule has 0 aliphatic heterocycles. The van der Waals surface area contributed by atoms with Gasteiger partial charge < -0.3 is 10.5 Å². The SMILES string of the molecule is CC(C)Cc1ccc(C(=O)OCC(=O)NC(N)=O)cc1. The van der Waals surface area contributed by atoms with Crippen LogP contribution < -0.4 is 11.1 Å². The lowest BCUT2D eigenvalue weighted by molar-refractivity contribution is -0.123. The molecule has 6 heteroatoms. The molecule has 20 heavy (non-hydrogen) atoms. The molecule has 0 saturated carbocycles. The van der Waals surface area contributed by atoms with Gasteiger partial charge in [0.2, 0.25) is 0 Å². The van der Waals surface area contributed by atoms with Crippen LogP contribution in [0.2, 0.25) is 0 Å². The maximum atomic E-state index is 11.7. The van der Waals surface area contributed by atoms with Crippen molar-refractivity contribution in [2.45, 2.75) is 20.3 Å². The summed E-state index contributed by atoms with van der Waals surface area (Å²) < 4.78 is 4.75. The van der Waals surface area contributed by atoms with E-state index in [2.05, 4.69) is 13.8 Å². The Morgan fingerprint density at radius 1 is 1.20 bits per heavy atom. The van der Waals surface area contributed by atoms with Crippen molar-refractivity contribution in [3.63, 3.8) is 0 Å². The summed E-state index contributed by atoms with van der Waals surface area (Å²) in [5.74, 6) is -0.853. The Balaban J connectivity index is 2.51. The number of esters is 1. The first-order valence-corrected chi connectivity index (χ1v) is 6.24. The lowest BCUT2D eigenvalue weighted by Gasteiger charge is -2.07. The highest BCUT2D eigenvalue weighted by Crippen LogP contribution is 2.10. The summed E-state index contributed by atoms with van der Waals surface area (Å²) in [5, 5.41) is 1.80. The van der Waals surface area contributed by atoms with Gasteiger partial charge in [0, 0.05) is 0 Å². The number of hydrogen-bond acceptors (Lipinski definition) is 4. The highest BCUT2D eigenvalue weighted by Gasteiger charge is 2.11. The minimum atomic E-state index is -0.982. The number of nitrogens with two attached hydrogens (primary N) is 1. The van der Waals surface area contributed by atoms with E-state index >= 15 is 0 Å². The lowest BCUT2D eigenvalue weighted by Crippen LogP contribution is -2.37. The molecule has 0 bridgehead atoms. The quantitative estimate of drug-likeness (QED) is 0.791. The summed E-state index contributed by atoms with van der Waals surface area (Å²) in [6, 6.07) is 6.00. The molecule has 1 aromatic carbocycles. The fourth-order valence-electron chi connectivity index (χ4n) is 1.64. The molecule has 3 amide bonds. The number of primary amides is 1. The summed E-state index contributed by atoms with van der Waals surface area (Å²) in [6.07, 6.45) is 0.927. The second kappa shape index (κ2) is 7.28. The van der Waals surface area contributed by atoms with Crippen molar-refractivity contribution >= 4 is 17.9 Å². The van der Waals surface area contributed by atoms with Gasteiger partial charge in [0.25, 0.3) is 5.91 Å². The number of rotatable bonds is 5. The van der Waals surface area contributed by atoms with Crippen LogP contribution in [0.1, 0.15) is 29.8 Å². The van der Waals surface area contributed by atoms with Gasteiger partial charge in [0.1, 0.15) is 0 Å². The minimum Gasteiger partial charge on any atom is -0.452 e. The van der Waals surface area contributed by atoms with Crippen LogP contribution >= 0.6 is 0 Å². The van der Waals surface area contributed by atoms with E-state index in [0.717, 1.165) is 12.0 Å². The molecule has 0 atom stereocenters. The molecular formula is C14H18N2O4. The maximum absolute atomic E-state index is 11.7. The smallest absolute Gasteiger partial charge is 0.338 e. The Morgan fingerprint density at radius 2 is 1.80 bits per heavy atom. The molecule has 0 heterocycles. The Hall–Kier alpha value is -2.37. The molecule has 0 saturated heterocycles. The molecule has 1 rings (SSSR count). The van der Waals surface area contributed by atoms with E-state index in [1.165, 1.54) is 0 Å². The van der Waals surface area contributed by atoms with Crippen LogP contribution in [0.5, 0.6) is 0 Å². The topological polar surface area (TPSA) is 98.5 Å². The second-order valence-corrected chi connectivity index (χ2v) is 4.78. The van der Waals surface area contributed by atoms with Gasteiger partial charge in [-0.2, -0.15) is 0 Å². The third-order valence-corrected chi connectivity index (χ3v) is 2.43. The van der Waals surface area contributed by atoms with Crippen molar-refractivity contribution in [3.05, 3.63) is 35.4 Å². The molecule has 0 unspecified atom stereocenters. The summed E-state index contributed by atoms with van der Waals surface area (Å²) in [6.45, 7) is 3.68. The fourth-order valence-corrected chi connectivity index (χ4v) is 1.64. The fraction of sp³-hybridized carbons (Fsp3) is 0.357. The van der Waals surface area contributed by atoms with Crippen molar-refractivity contribution in [2.75, 3.05) is 6.61 Å². The van der Waals surface area contributed by atoms with Gasteiger partial charge >= 0.3 is 12.0 Å². The van der Waals surface area contributed by atoms with Crippen molar-refractivity contribution in [1.29, 1.82) is 0 Å². The lowest BCUT2D eigenvalue weighted by atomic mass is 10.0. The largest absolute Gasteiger partial charge is 0.452 e. The molecule has 108 valence electrons. The molecule has 0 radical (unpaired) electrons. The van der Waals surface area contributed by atoms with Crippen LogP contribution in [0, 0.1) is 5.92 Å². The van der Waals surface area contributed by atoms with Gasteiger partial charge in [-0.25, -0.2) is 9.59 Å². The maximum Gasteiger partial charge on any atom is 0.338 e. The number of carbonyl (C=O) groups excluding carboxylic acids is 3. The van der Waals surface area contributed by atoms with Crippen molar-refractivity contribution in [1.82, 2.24) is 5.32 Å². The number of urea groups is 1. The zero-order chi connectivity index (χ0) is 15.1. The normalized spacial score (nSPS) is 10.2. The van der Waals surface area contributed by atoms with Crippen LogP contribution in [0.15, 0.2) is 24.3 Å².